The summed E-state index contributed by atoms with van der Waals surface area (Å²) in [4.78, 5) is 0.331. The second-order valence-corrected chi connectivity index (χ2v) is 2.37. The second-order valence-electron chi connectivity index (χ2n) is 1.43. The molecule has 0 aliphatic heterocycles. The third-order valence-electron chi connectivity index (χ3n) is 0.808. The van der Waals surface area contributed by atoms with Crippen molar-refractivity contribution < 1.29 is 8.76 Å². The average Bonchev–Trinajstić information content (AvgIpc) is 1.82. The molecule has 9 heavy (non-hydrogen) atoms. The molecule has 1 unspecified atom stereocenters. The normalized spacial score (nSPS) is 16.6. The van der Waals surface area contributed by atoms with Crippen LogP contribution in [0.25, 0.3) is 0 Å². The highest BCUT2D eigenvalue weighted by Gasteiger charge is 1.84. The molecule has 0 fully saturated rings. The van der Waals surface area contributed by atoms with Crippen LogP contribution >= 0.6 is 0 Å². The number of hydrogen-bond acceptors (Lipinski definition) is 2. The summed E-state index contributed by atoms with van der Waals surface area (Å²) in [5, 5.41) is 0. The Morgan fingerprint density at radius 3 is 2.22 bits per heavy atom. The molecule has 0 spiro atoms. The fourth-order valence-corrected chi connectivity index (χ4v) is 0.852. The molecular formula is C6H9O2S-. The monoisotopic (exact) mass is 145 g/mol. The number of allylic oxidation sites excluding steroid dienone is 3. The predicted molar refractivity (Wildman–Crippen MR) is 37.5 cm³/mol. The Kier molecular flexibility index (Phi) is 4.26. The van der Waals surface area contributed by atoms with Gasteiger partial charge in [-0.1, -0.05) is 18.2 Å². The fraction of sp³-hybridized carbons (Fsp3) is 0.333. The zero-order valence-corrected chi connectivity index (χ0v) is 6.27. The van der Waals surface area contributed by atoms with Crippen molar-refractivity contribution in [2.75, 3.05) is 0 Å². The van der Waals surface area contributed by atoms with Gasteiger partial charge in [-0.15, -0.1) is 0 Å². The van der Waals surface area contributed by atoms with Crippen LogP contribution in [0.4, 0.5) is 0 Å². The lowest BCUT2D eigenvalue weighted by Crippen LogP contribution is -1.87. The van der Waals surface area contributed by atoms with Crippen LogP contribution in [-0.2, 0) is 11.1 Å². The Morgan fingerprint density at radius 1 is 1.56 bits per heavy atom. The van der Waals surface area contributed by atoms with E-state index in [-0.39, 0.29) is 0 Å². The van der Waals surface area contributed by atoms with Crippen LogP contribution in [0.2, 0.25) is 0 Å². The van der Waals surface area contributed by atoms with Gasteiger partial charge in [-0.2, -0.15) is 0 Å². The van der Waals surface area contributed by atoms with Crippen LogP contribution in [0.5, 0.6) is 0 Å². The minimum atomic E-state index is -2.08. The van der Waals surface area contributed by atoms with Gasteiger partial charge in [0.05, 0.1) is 0 Å². The van der Waals surface area contributed by atoms with Gasteiger partial charge in [0.1, 0.15) is 0 Å². The molecule has 2 nitrogen and oxygen atoms in total. The Hall–Kier alpha value is -0.410. The molecule has 0 radical (unpaired) electrons. The predicted octanol–water partition coefficient (Wildman–Crippen LogP) is 1.35. The van der Waals surface area contributed by atoms with Crippen molar-refractivity contribution in [1.82, 2.24) is 0 Å². The van der Waals surface area contributed by atoms with Gasteiger partial charge in [-0.3, -0.25) is 4.21 Å². The van der Waals surface area contributed by atoms with Crippen molar-refractivity contribution >= 4 is 11.1 Å². The second kappa shape index (κ2) is 4.47. The third-order valence-corrected chi connectivity index (χ3v) is 1.56. The van der Waals surface area contributed by atoms with Gasteiger partial charge in [0.2, 0.25) is 0 Å². The van der Waals surface area contributed by atoms with E-state index in [0.717, 1.165) is 0 Å². The summed E-state index contributed by atoms with van der Waals surface area (Å²) in [6, 6.07) is 0. The van der Waals surface area contributed by atoms with Gasteiger partial charge >= 0.3 is 0 Å². The molecule has 0 heterocycles. The van der Waals surface area contributed by atoms with Crippen molar-refractivity contribution in [1.29, 1.82) is 0 Å². The topological polar surface area (TPSA) is 40.1 Å². The summed E-state index contributed by atoms with van der Waals surface area (Å²) in [5.74, 6) is 0. The summed E-state index contributed by atoms with van der Waals surface area (Å²) in [6.45, 7) is 3.46. The van der Waals surface area contributed by atoms with E-state index in [1.54, 1.807) is 32.1 Å². The quantitative estimate of drug-likeness (QED) is 0.434. The molecule has 0 saturated carbocycles. The van der Waals surface area contributed by atoms with Gasteiger partial charge in [-0.05, 0) is 24.9 Å². The van der Waals surface area contributed by atoms with E-state index in [4.69, 9.17) is 0 Å². The highest BCUT2D eigenvalue weighted by Crippen LogP contribution is 1.99. The lowest BCUT2D eigenvalue weighted by Gasteiger charge is -2.02. The molecule has 0 aliphatic carbocycles. The van der Waals surface area contributed by atoms with E-state index in [0.29, 0.717) is 4.91 Å². The molecule has 0 amide bonds. The van der Waals surface area contributed by atoms with Crippen LogP contribution in [0.3, 0.4) is 0 Å². The van der Waals surface area contributed by atoms with E-state index in [9.17, 15) is 8.76 Å². The van der Waals surface area contributed by atoms with Gasteiger partial charge in [0.25, 0.3) is 0 Å². The maximum absolute atomic E-state index is 10.2. The first-order chi connectivity index (χ1) is 4.22. The maximum Gasteiger partial charge on any atom is 0.0202 e. The largest absolute Gasteiger partial charge is 0.768 e. The summed E-state index contributed by atoms with van der Waals surface area (Å²) in [5.41, 5.74) is 0. The van der Waals surface area contributed by atoms with Crippen LogP contribution < -0.4 is 0 Å². The molecule has 1 atom stereocenters. The van der Waals surface area contributed by atoms with E-state index in [1.165, 1.54) is 0 Å². The lowest BCUT2D eigenvalue weighted by atomic mass is 10.4. The Morgan fingerprint density at radius 2 is 2.11 bits per heavy atom. The Bertz CT molecular complexity index is 158. The zero-order valence-electron chi connectivity index (χ0n) is 5.46. The van der Waals surface area contributed by atoms with Crippen molar-refractivity contribution in [2.24, 2.45) is 0 Å². The maximum atomic E-state index is 10.2. The Labute approximate surface area is 57.6 Å². The van der Waals surface area contributed by atoms with E-state index >= 15 is 0 Å². The summed E-state index contributed by atoms with van der Waals surface area (Å²) >= 11 is -2.08. The molecule has 0 rings (SSSR count). The number of hydrogen-bond donors (Lipinski definition) is 0. The molecule has 0 aromatic carbocycles. The van der Waals surface area contributed by atoms with Gasteiger partial charge in [0.15, 0.2) is 0 Å². The molecule has 0 bridgehead atoms. The lowest BCUT2D eigenvalue weighted by molar-refractivity contribution is 0.544. The fourth-order valence-electron chi connectivity index (χ4n) is 0.412. The van der Waals surface area contributed by atoms with Gasteiger partial charge in [-0.25, -0.2) is 0 Å². The van der Waals surface area contributed by atoms with Crippen molar-refractivity contribution in [3.8, 4) is 0 Å². The van der Waals surface area contributed by atoms with Crippen LogP contribution in [0, 0.1) is 0 Å². The van der Waals surface area contributed by atoms with E-state index in [1.807, 2.05) is 0 Å². The molecule has 0 aromatic heterocycles. The van der Waals surface area contributed by atoms with Crippen molar-refractivity contribution in [2.45, 2.75) is 13.8 Å². The molecule has 3 heteroatoms. The smallest absolute Gasteiger partial charge is 0.0202 e. The molecule has 0 N–H and O–H groups in total. The minimum Gasteiger partial charge on any atom is -0.768 e. The first kappa shape index (κ1) is 8.59. The molecule has 0 aromatic rings. The Balaban J connectivity index is 4.19. The molecule has 0 aliphatic rings. The van der Waals surface area contributed by atoms with Gasteiger partial charge in [0, 0.05) is 4.91 Å². The van der Waals surface area contributed by atoms with E-state index < -0.39 is 11.1 Å². The first-order valence-corrected chi connectivity index (χ1v) is 3.68. The van der Waals surface area contributed by atoms with Crippen LogP contribution in [-0.4, -0.2) is 8.76 Å². The van der Waals surface area contributed by atoms with Gasteiger partial charge < -0.3 is 4.55 Å². The molecule has 52 valence electrons. The summed E-state index contributed by atoms with van der Waals surface area (Å²) < 4.78 is 20.4. The first-order valence-electron chi connectivity index (χ1n) is 2.60. The van der Waals surface area contributed by atoms with Crippen LogP contribution in [0.1, 0.15) is 13.8 Å². The summed E-state index contributed by atoms with van der Waals surface area (Å²) in [7, 11) is 0. The SMILES string of the molecule is C/C=C\C(=C/C)S(=O)[O-]. The summed E-state index contributed by atoms with van der Waals surface area (Å²) in [6.07, 6.45) is 4.78. The molecular weight excluding hydrogens is 136 g/mol. The highest BCUT2D eigenvalue weighted by atomic mass is 32.2. The standard InChI is InChI=1S/C6H10O2S/c1-3-5-6(4-2)9(7)8/h3-5H,1-2H3,(H,7,8)/p-1/b5-3-,6-4+. The average molecular weight is 145 g/mol. The molecule has 0 saturated heterocycles. The van der Waals surface area contributed by atoms with Crippen LogP contribution in [0.15, 0.2) is 23.1 Å². The van der Waals surface area contributed by atoms with Crippen molar-refractivity contribution in [3.63, 3.8) is 0 Å². The zero-order chi connectivity index (χ0) is 7.28. The van der Waals surface area contributed by atoms with Crippen molar-refractivity contribution in [3.05, 3.63) is 23.1 Å². The minimum absolute atomic E-state index is 0.331. The number of rotatable bonds is 2. The third kappa shape index (κ3) is 3.21. The highest BCUT2D eigenvalue weighted by molar-refractivity contribution is 7.83. The van der Waals surface area contributed by atoms with E-state index in [2.05, 4.69) is 0 Å².